The van der Waals surface area contributed by atoms with Gasteiger partial charge in [-0.1, -0.05) is 155 Å². The molecule has 8 heteroatoms. The molecule has 0 aromatic carbocycles. The van der Waals surface area contributed by atoms with Crippen LogP contribution in [0.5, 0.6) is 0 Å². The third-order valence-corrected chi connectivity index (χ3v) is 10.1. The molecule has 2 fully saturated rings. The topological polar surface area (TPSA) is 77.5 Å². The second-order valence-corrected chi connectivity index (χ2v) is 14.9. The van der Waals surface area contributed by atoms with Gasteiger partial charge in [0.05, 0.1) is 26.3 Å². The van der Waals surface area contributed by atoms with Crippen LogP contribution in [-0.4, -0.2) is 99.6 Å². The van der Waals surface area contributed by atoms with Gasteiger partial charge in [-0.3, -0.25) is 19.4 Å². The summed E-state index contributed by atoms with van der Waals surface area (Å²) >= 11 is 0. The van der Waals surface area contributed by atoms with Crippen molar-refractivity contribution in [3.8, 4) is 0 Å². The van der Waals surface area contributed by atoms with Gasteiger partial charge in [-0.15, -0.1) is 0 Å². The molecule has 0 aromatic rings. The van der Waals surface area contributed by atoms with E-state index in [4.69, 9.17) is 18.9 Å². The maximum absolute atomic E-state index is 12.7. The van der Waals surface area contributed by atoms with Crippen molar-refractivity contribution in [2.45, 2.75) is 192 Å². The molecule has 2 aliphatic rings. The van der Waals surface area contributed by atoms with Crippen LogP contribution in [0.1, 0.15) is 168 Å². The van der Waals surface area contributed by atoms with Crippen LogP contribution in [0, 0.1) is 0 Å². The van der Waals surface area contributed by atoms with E-state index in [2.05, 4.69) is 13.8 Å². The average molecular weight is 681 g/mol. The van der Waals surface area contributed by atoms with Crippen molar-refractivity contribution in [3.63, 3.8) is 0 Å². The predicted octanol–water partition coefficient (Wildman–Crippen LogP) is 8.87. The number of fused-ring (bicyclic) bond motifs is 1. The normalized spacial score (nSPS) is 20.5. The van der Waals surface area contributed by atoms with Gasteiger partial charge in [-0.05, 0) is 40.0 Å². The zero-order chi connectivity index (χ0) is 34.7. The van der Waals surface area contributed by atoms with Gasteiger partial charge in [0.1, 0.15) is 12.2 Å². The Morgan fingerprint density at radius 1 is 0.479 bits per heavy atom. The van der Waals surface area contributed by atoms with Crippen LogP contribution in [0.15, 0.2) is 0 Å². The van der Waals surface area contributed by atoms with Crippen molar-refractivity contribution >= 4 is 11.9 Å². The first-order chi connectivity index (χ1) is 23.4. The number of unbranched alkanes of at least 4 members (excludes halogenated alkanes) is 22. The molecule has 0 unspecified atom stereocenters. The average Bonchev–Trinajstić information content (AvgIpc) is 3.64. The molecular formula is C40H76N2O6. The second-order valence-electron chi connectivity index (χ2n) is 14.9. The molecule has 0 aliphatic carbocycles. The van der Waals surface area contributed by atoms with E-state index >= 15 is 0 Å². The number of nitrogens with zero attached hydrogens (tertiary/aromatic N) is 2. The van der Waals surface area contributed by atoms with Crippen LogP contribution in [0.25, 0.3) is 0 Å². The minimum atomic E-state index is -0.459. The van der Waals surface area contributed by atoms with Crippen molar-refractivity contribution in [1.29, 1.82) is 0 Å². The number of hydrogen-bond acceptors (Lipinski definition) is 8. The Bertz CT molecular complexity index is 734. The molecule has 0 saturated carbocycles. The Hall–Kier alpha value is -1.22. The monoisotopic (exact) mass is 681 g/mol. The molecule has 0 N–H and O–H groups in total. The number of hydrogen-bond donors (Lipinski definition) is 0. The highest BCUT2D eigenvalue weighted by Crippen LogP contribution is 2.31. The maximum Gasteiger partial charge on any atom is 0.320 e. The third kappa shape index (κ3) is 20.5. The Morgan fingerprint density at radius 3 is 1.04 bits per heavy atom. The standard InChI is InChI=1S/C40H76N2O6/c1-5-7-9-11-13-15-17-19-21-23-25-27-29-41(3)31-37(43)47-35-33-45-40-36(34-46-39(35)40)48-38(44)32-42(4)30-28-26-24-22-20-18-16-14-12-10-8-6-2/h35-36,39-40H,5-34H2,1-4H3/t35-,36+,39-,40-/m1/s1. The van der Waals surface area contributed by atoms with Gasteiger partial charge in [0.15, 0.2) is 12.2 Å². The van der Waals surface area contributed by atoms with E-state index in [1.165, 1.54) is 141 Å². The molecule has 0 amide bonds. The Kier molecular flexibility index (Phi) is 25.5. The van der Waals surface area contributed by atoms with Crippen LogP contribution < -0.4 is 0 Å². The first kappa shape index (κ1) is 42.9. The molecule has 8 nitrogen and oxygen atoms in total. The lowest BCUT2D eigenvalue weighted by Gasteiger charge is -2.20. The number of carbonyl (C=O) groups is 2. The van der Waals surface area contributed by atoms with Gasteiger partial charge in [0.2, 0.25) is 0 Å². The fourth-order valence-corrected chi connectivity index (χ4v) is 7.09. The Labute approximate surface area is 295 Å². The summed E-state index contributed by atoms with van der Waals surface area (Å²) in [7, 11) is 3.95. The summed E-state index contributed by atoms with van der Waals surface area (Å²) in [5.74, 6) is -0.511. The van der Waals surface area contributed by atoms with Crippen LogP contribution >= 0.6 is 0 Å². The van der Waals surface area contributed by atoms with Crippen LogP contribution in [-0.2, 0) is 28.5 Å². The van der Waals surface area contributed by atoms with E-state index in [1.54, 1.807) is 0 Å². The van der Waals surface area contributed by atoms with Crippen LogP contribution in [0.3, 0.4) is 0 Å². The minimum Gasteiger partial charge on any atom is -0.456 e. The number of carbonyl (C=O) groups excluding carboxylic acids is 2. The van der Waals surface area contributed by atoms with Crippen molar-refractivity contribution < 1.29 is 28.5 Å². The highest BCUT2D eigenvalue weighted by Gasteiger charge is 2.51. The smallest absolute Gasteiger partial charge is 0.320 e. The molecule has 2 rings (SSSR count). The largest absolute Gasteiger partial charge is 0.456 e. The Balaban J connectivity index is 1.46. The summed E-state index contributed by atoms with van der Waals surface area (Å²) in [5, 5.41) is 0. The summed E-state index contributed by atoms with van der Waals surface area (Å²) in [4.78, 5) is 29.4. The van der Waals surface area contributed by atoms with Crippen LogP contribution in [0.4, 0.5) is 0 Å². The molecule has 0 radical (unpaired) electrons. The van der Waals surface area contributed by atoms with Crippen molar-refractivity contribution in [1.82, 2.24) is 9.80 Å². The summed E-state index contributed by atoms with van der Waals surface area (Å²) in [5.41, 5.74) is 0. The number of rotatable bonds is 32. The molecule has 4 atom stereocenters. The summed E-state index contributed by atoms with van der Waals surface area (Å²) in [6.45, 7) is 7.39. The van der Waals surface area contributed by atoms with Gasteiger partial charge in [-0.2, -0.15) is 0 Å². The maximum atomic E-state index is 12.7. The minimum absolute atomic E-state index is 0.255. The van der Waals surface area contributed by atoms with E-state index in [0.29, 0.717) is 0 Å². The zero-order valence-corrected chi connectivity index (χ0v) is 31.9. The molecular weight excluding hydrogens is 604 g/mol. The first-order valence-corrected chi connectivity index (χ1v) is 20.4. The molecule has 2 aliphatic heterocycles. The lowest BCUT2D eigenvalue weighted by molar-refractivity contribution is -0.156. The van der Waals surface area contributed by atoms with Crippen LogP contribution in [0.2, 0.25) is 0 Å². The summed E-state index contributed by atoms with van der Waals surface area (Å²) < 4.78 is 23.3. The van der Waals surface area contributed by atoms with Crippen molar-refractivity contribution in [3.05, 3.63) is 0 Å². The highest BCUT2D eigenvalue weighted by molar-refractivity contribution is 5.72. The number of esters is 2. The number of likely N-dealkylation sites (N-methyl/N-ethyl adjacent to an activating group) is 2. The summed E-state index contributed by atoms with van der Waals surface area (Å²) in [6.07, 6.45) is 30.1. The summed E-state index contributed by atoms with van der Waals surface area (Å²) in [6, 6.07) is 0. The van der Waals surface area contributed by atoms with Gasteiger partial charge in [0.25, 0.3) is 0 Å². The van der Waals surface area contributed by atoms with E-state index in [-0.39, 0.29) is 50.4 Å². The van der Waals surface area contributed by atoms with E-state index < -0.39 is 12.2 Å². The fraction of sp³-hybridized carbons (Fsp3) is 0.950. The van der Waals surface area contributed by atoms with Crippen molar-refractivity contribution in [2.75, 3.05) is 53.5 Å². The molecule has 282 valence electrons. The van der Waals surface area contributed by atoms with Gasteiger partial charge >= 0.3 is 11.9 Å². The van der Waals surface area contributed by atoms with Gasteiger partial charge < -0.3 is 18.9 Å². The van der Waals surface area contributed by atoms with Gasteiger partial charge in [0, 0.05) is 0 Å². The van der Waals surface area contributed by atoms with Crippen molar-refractivity contribution in [2.24, 2.45) is 0 Å². The molecule has 0 spiro atoms. The van der Waals surface area contributed by atoms with Gasteiger partial charge in [-0.25, -0.2) is 0 Å². The third-order valence-electron chi connectivity index (χ3n) is 10.1. The zero-order valence-electron chi connectivity index (χ0n) is 31.9. The lowest BCUT2D eigenvalue weighted by atomic mass is 10.1. The quantitative estimate of drug-likeness (QED) is 0.0515. The molecule has 0 aromatic heterocycles. The molecule has 2 heterocycles. The fourth-order valence-electron chi connectivity index (χ4n) is 7.09. The molecule has 0 bridgehead atoms. The first-order valence-electron chi connectivity index (χ1n) is 20.4. The highest BCUT2D eigenvalue weighted by atomic mass is 16.7. The second kappa shape index (κ2) is 28.5. The molecule has 48 heavy (non-hydrogen) atoms. The predicted molar refractivity (Wildman–Crippen MR) is 196 cm³/mol. The Morgan fingerprint density at radius 2 is 0.750 bits per heavy atom. The van der Waals surface area contributed by atoms with E-state index in [0.717, 1.165) is 25.9 Å². The SMILES string of the molecule is CCCCCCCCCCCCCCN(C)CC(=O)O[C@H]1CO[C@H]2[C@@H]1OC[C@H]2OC(=O)CN(C)CCCCCCCCCCCCCC. The van der Waals surface area contributed by atoms with E-state index in [9.17, 15) is 9.59 Å². The number of ether oxygens (including phenoxy) is 4. The molecule has 2 saturated heterocycles. The lowest BCUT2D eigenvalue weighted by Crippen LogP contribution is -2.39. The van der Waals surface area contributed by atoms with E-state index in [1.807, 2.05) is 23.9 Å².